The summed E-state index contributed by atoms with van der Waals surface area (Å²) >= 11 is 12.4. The minimum absolute atomic E-state index is 0.0858. The van der Waals surface area contributed by atoms with Crippen LogP contribution < -0.4 is 5.32 Å². The van der Waals surface area contributed by atoms with Crippen LogP contribution in [0.25, 0.3) is 11.0 Å². The topological polar surface area (TPSA) is 70.2 Å². The number of para-hydroxylation sites is 2. The number of aromatic nitrogens is 2. The molecule has 1 fully saturated rings. The van der Waals surface area contributed by atoms with Crippen LogP contribution in [0.3, 0.4) is 0 Å². The molecule has 3 aromatic rings. The number of nitrogens with zero attached hydrogens (tertiary/aromatic N) is 2. The molecule has 0 aliphatic carbocycles. The number of aromatic amines is 1. The first-order valence-electron chi connectivity index (χ1n) is 9.98. The Hall–Kier alpha value is -2.56. The van der Waals surface area contributed by atoms with Gasteiger partial charge < -0.3 is 15.0 Å². The molecule has 1 saturated heterocycles. The van der Waals surface area contributed by atoms with Gasteiger partial charge in [0.1, 0.15) is 12.4 Å². The Bertz CT molecular complexity index is 1090. The van der Waals surface area contributed by atoms with Crippen molar-refractivity contribution in [2.75, 3.05) is 13.2 Å². The third-order valence-corrected chi connectivity index (χ3v) is 5.91. The number of likely N-dealkylation sites (tertiary alicyclic amines) is 1. The molecular weight excluding hydrogens is 435 g/mol. The Morgan fingerprint density at radius 2 is 2.16 bits per heavy atom. The van der Waals surface area contributed by atoms with Gasteiger partial charge in [0.15, 0.2) is 0 Å². The molecule has 2 N–H and O–H groups in total. The fourth-order valence-corrected chi connectivity index (χ4v) is 4.31. The van der Waals surface area contributed by atoms with E-state index >= 15 is 0 Å². The minimum atomic E-state index is -0.362. The lowest BCUT2D eigenvalue weighted by Gasteiger charge is -2.23. The van der Waals surface area contributed by atoms with E-state index in [9.17, 15) is 4.79 Å². The smallest absolute Gasteiger partial charge is 0.237 e. The van der Waals surface area contributed by atoms with Crippen LogP contribution in [0.2, 0.25) is 10.0 Å². The number of H-pyrrole nitrogens is 1. The summed E-state index contributed by atoms with van der Waals surface area (Å²) in [6.07, 6.45) is 5.76. The normalized spacial score (nSPS) is 18.9. The molecule has 4 rings (SSSR count). The highest BCUT2D eigenvalue weighted by atomic mass is 35.5. The number of rotatable bonds is 7. The Kier molecular flexibility index (Phi) is 6.79. The molecule has 0 unspecified atom stereocenters. The fraction of sp³-hybridized carbons (Fsp3) is 0.304. The molecule has 2 aromatic carbocycles. The molecule has 1 amide bonds. The summed E-state index contributed by atoms with van der Waals surface area (Å²) in [7, 11) is 0. The summed E-state index contributed by atoms with van der Waals surface area (Å²) in [6.45, 7) is 1.63. The molecule has 0 bridgehead atoms. The van der Waals surface area contributed by atoms with Crippen molar-refractivity contribution in [1.29, 1.82) is 0 Å². The van der Waals surface area contributed by atoms with Crippen molar-refractivity contribution in [2.24, 2.45) is 0 Å². The van der Waals surface area contributed by atoms with Crippen LogP contribution in [-0.4, -0.2) is 46.1 Å². The summed E-state index contributed by atoms with van der Waals surface area (Å²) in [4.78, 5) is 22.8. The van der Waals surface area contributed by atoms with Gasteiger partial charge in [-0.2, -0.15) is 0 Å². The van der Waals surface area contributed by atoms with Crippen molar-refractivity contribution in [2.45, 2.75) is 31.7 Å². The lowest BCUT2D eigenvalue weighted by atomic mass is 10.1. The lowest BCUT2D eigenvalue weighted by Crippen LogP contribution is -2.42. The van der Waals surface area contributed by atoms with Gasteiger partial charge in [-0.15, -0.1) is 6.42 Å². The third kappa shape index (κ3) is 5.20. The van der Waals surface area contributed by atoms with Crippen LogP contribution in [-0.2, 0) is 22.6 Å². The molecule has 6 nitrogen and oxygen atoms in total. The molecule has 0 saturated carbocycles. The maximum atomic E-state index is 13.0. The van der Waals surface area contributed by atoms with E-state index in [4.69, 9.17) is 34.4 Å². The first-order valence-corrected chi connectivity index (χ1v) is 10.7. The van der Waals surface area contributed by atoms with Gasteiger partial charge in [-0.3, -0.25) is 9.69 Å². The minimum Gasteiger partial charge on any atom is -0.364 e. The first kappa shape index (κ1) is 21.7. The van der Waals surface area contributed by atoms with Crippen LogP contribution in [0.4, 0.5) is 0 Å². The number of amides is 1. The van der Waals surface area contributed by atoms with Crippen LogP contribution in [0.15, 0.2) is 42.5 Å². The van der Waals surface area contributed by atoms with Gasteiger partial charge in [0.25, 0.3) is 0 Å². The van der Waals surface area contributed by atoms with E-state index in [0.717, 1.165) is 16.6 Å². The van der Waals surface area contributed by atoms with E-state index < -0.39 is 0 Å². The maximum Gasteiger partial charge on any atom is 0.237 e. The number of ether oxygens (including phenoxy) is 1. The number of benzene rings is 2. The average molecular weight is 457 g/mol. The predicted molar refractivity (Wildman–Crippen MR) is 122 cm³/mol. The Morgan fingerprint density at radius 1 is 1.32 bits per heavy atom. The number of fused-ring (bicyclic) bond motifs is 1. The van der Waals surface area contributed by atoms with E-state index in [1.807, 2.05) is 30.3 Å². The highest BCUT2D eigenvalue weighted by Crippen LogP contribution is 2.27. The van der Waals surface area contributed by atoms with Gasteiger partial charge in [-0.05, 0) is 36.2 Å². The van der Waals surface area contributed by atoms with Crippen LogP contribution in [0.1, 0.15) is 17.8 Å². The van der Waals surface area contributed by atoms with E-state index in [1.165, 1.54) is 0 Å². The molecule has 1 aromatic heterocycles. The largest absolute Gasteiger partial charge is 0.364 e. The van der Waals surface area contributed by atoms with Gasteiger partial charge in [-0.25, -0.2) is 4.98 Å². The van der Waals surface area contributed by atoms with Gasteiger partial charge in [-0.1, -0.05) is 47.3 Å². The van der Waals surface area contributed by atoms with Gasteiger partial charge in [0.05, 0.1) is 29.7 Å². The number of hydrogen-bond donors (Lipinski definition) is 2. The van der Waals surface area contributed by atoms with E-state index in [2.05, 4.69) is 26.1 Å². The second kappa shape index (κ2) is 9.71. The van der Waals surface area contributed by atoms with Crippen molar-refractivity contribution in [3.05, 3.63) is 63.9 Å². The van der Waals surface area contributed by atoms with Crippen molar-refractivity contribution in [1.82, 2.24) is 20.2 Å². The average Bonchev–Trinajstić information content (AvgIpc) is 3.36. The number of hydrogen-bond acceptors (Lipinski definition) is 4. The Morgan fingerprint density at radius 3 is 2.94 bits per heavy atom. The number of carbonyl (C=O) groups is 1. The quantitative estimate of drug-likeness (QED) is 0.530. The van der Waals surface area contributed by atoms with E-state index in [1.54, 1.807) is 12.1 Å². The second-order valence-electron chi connectivity index (χ2n) is 7.47. The summed E-state index contributed by atoms with van der Waals surface area (Å²) in [5, 5.41) is 4.14. The first-order chi connectivity index (χ1) is 15.0. The number of imidazole rings is 1. The Balaban J connectivity index is 1.45. The van der Waals surface area contributed by atoms with Gasteiger partial charge in [0, 0.05) is 23.1 Å². The molecule has 31 heavy (non-hydrogen) atoms. The van der Waals surface area contributed by atoms with Crippen LogP contribution >= 0.6 is 23.2 Å². The van der Waals surface area contributed by atoms with Crippen LogP contribution in [0.5, 0.6) is 0 Å². The Labute approximate surface area is 190 Å². The number of nitrogens with one attached hydrogen (secondary N) is 2. The van der Waals surface area contributed by atoms with Gasteiger partial charge >= 0.3 is 0 Å². The zero-order valence-electron chi connectivity index (χ0n) is 16.8. The highest BCUT2D eigenvalue weighted by Gasteiger charge is 2.37. The van der Waals surface area contributed by atoms with E-state index in [0.29, 0.717) is 41.9 Å². The molecule has 0 spiro atoms. The zero-order valence-corrected chi connectivity index (χ0v) is 18.3. The molecule has 8 heteroatoms. The van der Waals surface area contributed by atoms with Gasteiger partial charge in [0.2, 0.25) is 5.91 Å². The summed E-state index contributed by atoms with van der Waals surface area (Å²) < 4.78 is 5.72. The third-order valence-electron chi connectivity index (χ3n) is 5.33. The summed E-state index contributed by atoms with van der Waals surface area (Å²) in [6, 6.07) is 12.8. The fourth-order valence-electron chi connectivity index (χ4n) is 3.84. The van der Waals surface area contributed by atoms with Crippen molar-refractivity contribution in [3.63, 3.8) is 0 Å². The molecule has 1 aliphatic heterocycles. The number of carbonyl (C=O) groups excluding carboxylic acids is 1. The summed E-state index contributed by atoms with van der Waals surface area (Å²) in [5.41, 5.74) is 2.71. The van der Waals surface area contributed by atoms with Crippen molar-refractivity contribution in [3.8, 4) is 12.3 Å². The SMILES string of the molecule is C#CCO[C@@H]1C[C@@H](C(=O)NCc2nc3ccccc3[nH]2)N(Cc2ccc(Cl)cc2Cl)C1. The molecule has 160 valence electrons. The molecule has 2 atom stereocenters. The maximum absolute atomic E-state index is 13.0. The highest BCUT2D eigenvalue weighted by molar-refractivity contribution is 6.35. The van der Waals surface area contributed by atoms with Crippen LogP contribution in [0, 0.1) is 12.3 Å². The molecule has 0 radical (unpaired) electrons. The molecule has 1 aliphatic rings. The lowest BCUT2D eigenvalue weighted by molar-refractivity contribution is -0.125. The predicted octanol–water partition coefficient (Wildman–Crippen LogP) is 3.78. The number of terminal acetylenes is 1. The zero-order chi connectivity index (χ0) is 21.8. The molecule has 2 heterocycles. The van der Waals surface area contributed by atoms with Crippen molar-refractivity contribution < 1.29 is 9.53 Å². The number of halogens is 2. The standard InChI is InChI=1S/C23H22Cl2N4O2/c1-2-9-31-17-11-21(29(14-17)13-15-7-8-16(24)10-18(15)25)23(30)26-12-22-27-19-5-3-4-6-20(19)28-22/h1,3-8,10,17,21H,9,11-14H2,(H,26,30)(H,27,28)/t17-,21+/m1/s1. The monoisotopic (exact) mass is 456 g/mol. The molecular formula is C23H22Cl2N4O2. The second-order valence-corrected chi connectivity index (χ2v) is 8.32. The van der Waals surface area contributed by atoms with E-state index in [-0.39, 0.29) is 24.7 Å². The van der Waals surface area contributed by atoms with Crippen molar-refractivity contribution >= 4 is 40.1 Å². The summed E-state index contributed by atoms with van der Waals surface area (Å²) in [5.74, 6) is 3.11.